The van der Waals surface area contributed by atoms with Crippen LogP contribution in [-0.4, -0.2) is 69.3 Å². The van der Waals surface area contributed by atoms with Gasteiger partial charge in [0.25, 0.3) is 0 Å². The van der Waals surface area contributed by atoms with Gasteiger partial charge in [-0.2, -0.15) is 0 Å². The molecule has 1 rings (SSSR count). The van der Waals surface area contributed by atoms with E-state index in [-0.39, 0.29) is 42.0 Å². The van der Waals surface area contributed by atoms with Crippen molar-refractivity contribution >= 4 is 36.0 Å². The Morgan fingerprint density at radius 2 is 2.00 bits per heavy atom. The standard InChI is InChI=1S/C20H40N4O4.HI/c1-7-21-18(22-10-8-11-27-16-9-12-26-14-16)23-13-17(15(2)3)24-19(25)28-20(4,5)6;/h15-17H,7-14H2,1-6H3,(H,24,25)(H2,21,22,23);1H. The molecule has 0 saturated carbocycles. The van der Waals surface area contributed by atoms with Gasteiger partial charge in [-0.1, -0.05) is 13.8 Å². The van der Waals surface area contributed by atoms with Gasteiger partial charge in [0.1, 0.15) is 5.60 Å². The first-order valence-corrected chi connectivity index (χ1v) is 10.4. The number of alkyl carbamates (subject to hydrolysis) is 1. The summed E-state index contributed by atoms with van der Waals surface area (Å²) < 4.78 is 16.4. The van der Waals surface area contributed by atoms with Crippen molar-refractivity contribution in [3.63, 3.8) is 0 Å². The van der Waals surface area contributed by atoms with Crippen molar-refractivity contribution in [1.29, 1.82) is 0 Å². The van der Waals surface area contributed by atoms with Gasteiger partial charge in [-0.15, -0.1) is 24.0 Å². The van der Waals surface area contributed by atoms with E-state index < -0.39 is 11.7 Å². The molecule has 2 atom stereocenters. The first kappa shape index (κ1) is 28.2. The minimum Gasteiger partial charge on any atom is -0.444 e. The molecule has 0 bridgehead atoms. The summed E-state index contributed by atoms with van der Waals surface area (Å²) in [7, 11) is 0. The average Bonchev–Trinajstić information content (AvgIpc) is 3.09. The number of hydrogen-bond acceptors (Lipinski definition) is 5. The second-order valence-corrected chi connectivity index (χ2v) is 8.35. The van der Waals surface area contributed by atoms with Crippen molar-refractivity contribution in [2.45, 2.75) is 72.1 Å². The van der Waals surface area contributed by atoms with Crippen LogP contribution in [0.15, 0.2) is 4.99 Å². The fraction of sp³-hybridized carbons (Fsp3) is 0.900. The number of guanidine groups is 1. The summed E-state index contributed by atoms with van der Waals surface area (Å²) in [6.07, 6.45) is 1.71. The molecule has 1 aliphatic heterocycles. The van der Waals surface area contributed by atoms with Gasteiger partial charge in [0.2, 0.25) is 0 Å². The van der Waals surface area contributed by atoms with Crippen molar-refractivity contribution in [2.24, 2.45) is 10.9 Å². The molecule has 8 nitrogen and oxygen atoms in total. The van der Waals surface area contributed by atoms with Crippen LogP contribution >= 0.6 is 24.0 Å². The molecule has 0 aromatic rings. The van der Waals surface area contributed by atoms with Crippen LogP contribution in [0.1, 0.15) is 54.4 Å². The second kappa shape index (κ2) is 15.1. The summed E-state index contributed by atoms with van der Waals surface area (Å²) in [5.74, 6) is 0.976. The van der Waals surface area contributed by atoms with Crippen molar-refractivity contribution in [3.8, 4) is 0 Å². The van der Waals surface area contributed by atoms with E-state index in [2.05, 4.69) is 34.8 Å². The molecule has 1 heterocycles. The van der Waals surface area contributed by atoms with Crippen molar-refractivity contribution < 1.29 is 19.0 Å². The first-order chi connectivity index (χ1) is 13.2. The average molecular weight is 528 g/mol. The van der Waals surface area contributed by atoms with Gasteiger partial charge in [0.15, 0.2) is 5.96 Å². The van der Waals surface area contributed by atoms with E-state index in [9.17, 15) is 4.79 Å². The van der Waals surface area contributed by atoms with Crippen LogP contribution in [0.3, 0.4) is 0 Å². The maximum absolute atomic E-state index is 12.1. The molecule has 2 unspecified atom stereocenters. The highest BCUT2D eigenvalue weighted by atomic mass is 127. The number of hydrogen-bond donors (Lipinski definition) is 3. The van der Waals surface area contributed by atoms with Crippen molar-refractivity contribution in [2.75, 3.05) is 39.5 Å². The minimum absolute atomic E-state index is 0. The fourth-order valence-corrected chi connectivity index (χ4v) is 2.59. The molecule has 29 heavy (non-hydrogen) atoms. The molecule has 0 aliphatic carbocycles. The largest absolute Gasteiger partial charge is 0.444 e. The minimum atomic E-state index is -0.516. The van der Waals surface area contributed by atoms with Gasteiger partial charge >= 0.3 is 6.09 Å². The molecular formula is C20H41IN4O4. The summed E-state index contributed by atoms with van der Waals surface area (Å²) in [6, 6.07) is -0.101. The lowest BCUT2D eigenvalue weighted by Gasteiger charge is -2.25. The Kier molecular flexibility index (Phi) is 14.6. The third kappa shape index (κ3) is 13.9. The van der Waals surface area contributed by atoms with Crippen LogP contribution in [0.2, 0.25) is 0 Å². The maximum Gasteiger partial charge on any atom is 0.407 e. The van der Waals surface area contributed by atoms with Crippen molar-refractivity contribution in [1.82, 2.24) is 16.0 Å². The predicted molar refractivity (Wildman–Crippen MR) is 127 cm³/mol. The van der Waals surface area contributed by atoms with Crippen LogP contribution in [0.25, 0.3) is 0 Å². The Bertz CT molecular complexity index is 478. The van der Waals surface area contributed by atoms with Crippen LogP contribution in [0.5, 0.6) is 0 Å². The highest BCUT2D eigenvalue weighted by molar-refractivity contribution is 14.0. The van der Waals surface area contributed by atoms with Crippen LogP contribution < -0.4 is 16.0 Å². The van der Waals surface area contributed by atoms with E-state index in [0.29, 0.717) is 19.8 Å². The molecule has 1 aliphatic rings. The zero-order valence-electron chi connectivity index (χ0n) is 18.9. The molecule has 3 N–H and O–H groups in total. The fourth-order valence-electron chi connectivity index (χ4n) is 2.59. The van der Waals surface area contributed by atoms with Gasteiger partial charge in [-0.25, -0.2) is 4.79 Å². The third-order valence-electron chi connectivity index (χ3n) is 4.15. The summed E-state index contributed by atoms with van der Waals surface area (Å²) >= 11 is 0. The van der Waals surface area contributed by atoms with Gasteiger partial charge in [-0.3, -0.25) is 4.99 Å². The van der Waals surface area contributed by atoms with E-state index in [0.717, 1.165) is 38.5 Å². The monoisotopic (exact) mass is 528 g/mol. The van der Waals surface area contributed by atoms with Gasteiger partial charge in [-0.05, 0) is 46.5 Å². The van der Waals surface area contributed by atoms with E-state index in [1.807, 2.05) is 27.7 Å². The molecule has 1 amide bonds. The molecule has 0 spiro atoms. The van der Waals surface area contributed by atoms with Gasteiger partial charge in [0.05, 0.1) is 25.3 Å². The highest BCUT2D eigenvalue weighted by Gasteiger charge is 2.21. The zero-order chi connectivity index (χ0) is 21.0. The number of carbonyl (C=O) groups excluding carboxylic acids is 1. The highest BCUT2D eigenvalue weighted by Crippen LogP contribution is 2.09. The predicted octanol–water partition coefficient (Wildman–Crippen LogP) is 2.90. The Labute approximate surface area is 193 Å². The molecule has 172 valence electrons. The Morgan fingerprint density at radius 1 is 1.28 bits per heavy atom. The molecular weight excluding hydrogens is 487 g/mol. The summed E-state index contributed by atoms with van der Waals surface area (Å²) in [5, 5.41) is 9.47. The lowest BCUT2D eigenvalue weighted by molar-refractivity contribution is 0.0419. The Morgan fingerprint density at radius 3 is 2.55 bits per heavy atom. The second-order valence-electron chi connectivity index (χ2n) is 8.35. The number of aliphatic imine (C=N–C) groups is 1. The number of nitrogens with zero attached hydrogens (tertiary/aromatic N) is 1. The maximum atomic E-state index is 12.1. The van der Waals surface area contributed by atoms with E-state index in [1.54, 1.807) is 0 Å². The Hall–Kier alpha value is -0.810. The van der Waals surface area contributed by atoms with Crippen LogP contribution in [0.4, 0.5) is 4.79 Å². The third-order valence-corrected chi connectivity index (χ3v) is 4.15. The molecule has 1 saturated heterocycles. The molecule has 1 fully saturated rings. The van der Waals surface area contributed by atoms with Crippen LogP contribution in [-0.2, 0) is 14.2 Å². The topological polar surface area (TPSA) is 93.2 Å². The first-order valence-electron chi connectivity index (χ1n) is 10.4. The molecule has 0 aromatic heterocycles. The van der Waals surface area contributed by atoms with E-state index in [1.165, 1.54) is 0 Å². The number of ether oxygens (including phenoxy) is 3. The zero-order valence-corrected chi connectivity index (χ0v) is 21.2. The number of nitrogens with one attached hydrogen (secondary N) is 3. The number of amides is 1. The SMILES string of the molecule is CCNC(=NCC(NC(=O)OC(C)(C)C)C(C)C)NCCCOC1CCOC1.I. The van der Waals surface area contributed by atoms with Crippen LogP contribution in [0, 0.1) is 5.92 Å². The van der Waals surface area contributed by atoms with Crippen molar-refractivity contribution in [3.05, 3.63) is 0 Å². The summed E-state index contributed by atoms with van der Waals surface area (Å²) in [4.78, 5) is 16.7. The van der Waals surface area contributed by atoms with E-state index in [4.69, 9.17) is 14.2 Å². The lowest BCUT2D eigenvalue weighted by atomic mass is 10.1. The smallest absolute Gasteiger partial charge is 0.407 e. The number of carbonyl (C=O) groups is 1. The summed E-state index contributed by atoms with van der Waals surface area (Å²) in [6.45, 7) is 15.9. The molecule has 0 radical (unpaired) electrons. The van der Waals surface area contributed by atoms with Gasteiger partial charge < -0.3 is 30.2 Å². The van der Waals surface area contributed by atoms with E-state index >= 15 is 0 Å². The Balaban J connectivity index is 0.00000784. The number of halogens is 1. The van der Waals surface area contributed by atoms with Gasteiger partial charge in [0, 0.05) is 26.3 Å². The summed E-state index contributed by atoms with van der Waals surface area (Å²) in [5.41, 5.74) is -0.516. The lowest BCUT2D eigenvalue weighted by Crippen LogP contribution is -2.45. The normalized spacial score (nSPS) is 18.2. The molecule has 0 aromatic carbocycles. The quantitative estimate of drug-likeness (QED) is 0.175. The molecule has 9 heteroatoms. The number of rotatable bonds is 10.